The fourth-order valence-corrected chi connectivity index (χ4v) is 2.15. The Labute approximate surface area is 126 Å². The molecule has 1 heterocycles. The van der Waals surface area contributed by atoms with Gasteiger partial charge in [0.05, 0.1) is 31.9 Å². The van der Waals surface area contributed by atoms with Crippen LogP contribution in [0.25, 0.3) is 0 Å². The van der Waals surface area contributed by atoms with Crippen molar-refractivity contribution in [3.8, 4) is 5.75 Å². The number of ether oxygens (including phenoxy) is 2. The Morgan fingerprint density at radius 1 is 1.41 bits per heavy atom. The zero-order chi connectivity index (χ0) is 16.3. The summed E-state index contributed by atoms with van der Waals surface area (Å²) in [5, 5.41) is 2.54. The summed E-state index contributed by atoms with van der Waals surface area (Å²) in [6, 6.07) is 2.86. The monoisotopic (exact) mass is 318 g/mol. The highest BCUT2D eigenvalue weighted by Crippen LogP contribution is 2.37. The predicted octanol–water partition coefficient (Wildman–Crippen LogP) is 2.97. The molecule has 0 aliphatic carbocycles. The van der Waals surface area contributed by atoms with Gasteiger partial charge in [-0.3, -0.25) is 0 Å². The Morgan fingerprint density at radius 2 is 2.09 bits per heavy atom. The summed E-state index contributed by atoms with van der Waals surface area (Å²) in [6.07, 6.45) is -4.48. The third kappa shape index (κ3) is 3.62. The van der Waals surface area contributed by atoms with E-state index in [4.69, 9.17) is 9.47 Å². The van der Waals surface area contributed by atoms with Gasteiger partial charge in [-0.1, -0.05) is 0 Å². The van der Waals surface area contributed by atoms with Crippen LogP contribution in [0.4, 0.5) is 23.7 Å². The molecule has 1 N–H and O–H groups in total. The molecule has 0 saturated carbocycles. The number of nitrogens with one attached hydrogen (secondary N) is 1. The number of nitrogens with zero attached hydrogens (tertiary/aromatic N) is 1. The highest BCUT2D eigenvalue weighted by atomic mass is 19.4. The van der Waals surface area contributed by atoms with Gasteiger partial charge in [0.2, 0.25) is 0 Å². The van der Waals surface area contributed by atoms with Crippen LogP contribution in [-0.2, 0) is 10.9 Å². The van der Waals surface area contributed by atoms with Crippen LogP contribution in [0.3, 0.4) is 0 Å². The number of anilines is 1. The number of urea groups is 1. The molecule has 0 spiro atoms. The van der Waals surface area contributed by atoms with Crippen molar-refractivity contribution in [2.45, 2.75) is 19.2 Å². The number of likely N-dealkylation sites (tertiary alicyclic amines) is 1. The van der Waals surface area contributed by atoms with Crippen LogP contribution in [0.15, 0.2) is 18.2 Å². The Kier molecular flexibility index (Phi) is 4.80. The first-order chi connectivity index (χ1) is 10.3. The van der Waals surface area contributed by atoms with Crippen molar-refractivity contribution >= 4 is 11.7 Å². The molecule has 0 atom stereocenters. The van der Waals surface area contributed by atoms with Crippen molar-refractivity contribution < 1.29 is 27.4 Å². The molecule has 22 heavy (non-hydrogen) atoms. The zero-order valence-corrected chi connectivity index (χ0v) is 12.2. The van der Waals surface area contributed by atoms with Gasteiger partial charge in [-0.2, -0.15) is 13.2 Å². The average molecular weight is 318 g/mol. The lowest BCUT2D eigenvalue weighted by molar-refractivity contribution is -0.138. The normalized spacial score (nSPS) is 15.4. The average Bonchev–Trinajstić information content (AvgIpc) is 2.40. The first kappa shape index (κ1) is 16.4. The lowest BCUT2D eigenvalue weighted by Crippen LogP contribution is -2.56. The molecule has 1 fully saturated rings. The van der Waals surface area contributed by atoms with Crippen LogP contribution in [0.1, 0.15) is 12.5 Å². The number of methoxy groups -OCH3 is 1. The Morgan fingerprint density at radius 3 is 2.64 bits per heavy atom. The second-order valence-corrected chi connectivity index (χ2v) is 4.83. The Balaban J connectivity index is 2.00. The summed E-state index contributed by atoms with van der Waals surface area (Å²) in [7, 11) is 1.15. The number of hydrogen-bond donors (Lipinski definition) is 1. The fraction of sp³-hybridized carbons (Fsp3) is 0.500. The number of amides is 2. The summed E-state index contributed by atoms with van der Waals surface area (Å²) >= 11 is 0. The van der Waals surface area contributed by atoms with E-state index >= 15 is 0 Å². The molecule has 1 saturated heterocycles. The molecular weight excluding hydrogens is 301 g/mol. The van der Waals surface area contributed by atoms with Crippen LogP contribution in [-0.4, -0.2) is 43.8 Å². The van der Waals surface area contributed by atoms with E-state index in [0.29, 0.717) is 19.7 Å². The lowest BCUT2D eigenvalue weighted by atomic mass is 10.1. The largest absolute Gasteiger partial charge is 0.496 e. The maximum Gasteiger partial charge on any atom is 0.419 e. The van der Waals surface area contributed by atoms with Gasteiger partial charge in [0.25, 0.3) is 0 Å². The van der Waals surface area contributed by atoms with E-state index in [1.54, 1.807) is 0 Å². The summed E-state index contributed by atoms with van der Waals surface area (Å²) in [4.78, 5) is 13.4. The van der Waals surface area contributed by atoms with Crippen molar-refractivity contribution in [3.63, 3.8) is 0 Å². The van der Waals surface area contributed by atoms with Crippen LogP contribution in [0.5, 0.6) is 5.75 Å². The molecule has 2 rings (SSSR count). The first-order valence-electron chi connectivity index (χ1n) is 6.78. The predicted molar refractivity (Wildman–Crippen MR) is 74.0 cm³/mol. The molecule has 2 amide bonds. The lowest BCUT2D eigenvalue weighted by Gasteiger charge is -2.38. The van der Waals surface area contributed by atoms with Gasteiger partial charge in [0.1, 0.15) is 5.75 Å². The van der Waals surface area contributed by atoms with Crippen molar-refractivity contribution in [3.05, 3.63) is 23.8 Å². The standard InChI is InChI=1S/C14H17F3N2O3/c1-3-22-10-7-19(8-10)13(20)18-9-4-5-11(14(15,16)17)12(6-9)21-2/h4-6,10H,3,7-8H2,1-2H3,(H,18,20). The summed E-state index contributed by atoms with van der Waals surface area (Å²) in [5.74, 6) is -0.332. The molecule has 8 heteroatoms. The van der Waals surface area contributed by atoms with E-state index in [1.165, 1.54) is 11.0 Å². The Bertz CT molecular complexity index is 543. The van der Waals surface area contributed by atoms with E-state index in [0.717, 1.165) is 19.2 Å². The van der Waals surface area contributed by atoms with Gasteiger partial charge in [0, 0.05) is 18.4 Å². The van der Waals surface area contributed by atoms with Crippen molar-refractivity contribution in [1.29, 1.82) is 0 Å². The molecule has 1 aliphatic rings. The second-order valence-electron chi connectivity index (χ2n) is 4.83. The van der Waals surface area contributed by atoms with Gasteiger partial charge >= 0.3 is 12.2 Å². The van der Waals surface area contributed by atoms with Crippen molar-refractivity contribution in [2.24, 2.45) is 0 Å². The molecule has 1 aliphatic heterocycles. The molecular formula is C14H17F3N2O3. The van der Waals surface area contributed by atoms with Crippen LogP contribution < -0.4 is 10.1 Å². The highest BCUT2D eigenvalue weighted by Gasteiger charge is 2.35. The third-order valence-corrected chi connectivity index (χ3v) is 3.30. The summed E-state index contributed by atoms with van der Waals surface area (Å²) in [5.41, 5.74) is -0.636. The molecule has 0 radical (unpaired) electrons. The van der Waals surface area contributed by atoms with E-state index in [1.807, 2.05) is 6.92 Å². The van der Waals surface area contributed by atoms with Crippen molar-refractivity contribution in [1.82, 2.24) is 4.90 Å². The molecule has 0 aromatic heterocycles. The molecule has 1 aromatic rings. The number of carbonyl (C=O) groups is 1. The van der Waals surface area contributed by atoms with Crippen LogP contribution in [0.2, 0.25) is 0 Å². The Hall–Kier alpha value is -1.96. The van der Waals surface area contributed by atoms with Gasteiger partial charge in [-0.15, -0.1) is 0 Å². The van der Waals surface area contributed by atoms with E-state index in [-0.39, 0.29) is 23.6 Å². The zero-order valence-electron chi connectivity index (χ0n) is 12.2. The number of alkyl halides is 3. The van der Waals surface area contributed by atoms with Gasteiger partial charge in [-0.25, -0.2) is 4.79 Å². The van der Waals surface area contributed by atoms with Crippen molar-refractivity contribution in [2.75, 3.05) is 32.1 Å². The molecule has 5 nitrogen and oxygen atoms in total. The number of benzene rings is 1. The fourth-order valence-electron chi connectivity index (χ4n) is 2.15. The molecule has 0 unspecified atom stereocenters. The first-order valence-corrected chi connectivity index (χ1v) is 6.78. The van der Waals surface area contributed by atoms with E-state index in [2.05, 4.69) is 5.32 Å². The van der Waals surface area contributed by atoms with Gasteiger partial charge in [0.15, 0.2) is 0 Å². The minimum atomic E-state index is -4.50. The summed E-state index contributed by atoms with van der Waals surface area (Å²) < 4.78 is 48.3. The van der Waals surface area contributed by atoms with Gasteiger partial charge in [-0.05, 0) is 19.1 Å². The summed E-state index contributed by atoms with van der Waals surface area (Å²) in [6.45, 7) is 3.39. The minimum absolute atomic E-state index is 0.0258. The maximum absolute atomic E-state index is 12.7. The minimum Gasteiger partial charge on any atom is -0.496 e. The van der Waals surface area contributed by atoms with E-state index in [9.17, 15) is 18.0 Å². The van der Waals surface area contributed by atoms with E-state index < -0.39 is 11.7 Å². The number of carbonyl (C=O) groups excluding carboxylic acids is 1. The van der Waals surface area contributed by atoms with Crippen LogP contribution >= 0.6 is 0 Å². The topological polar surface area (TPSA) is 50.8 Å². The van der Waals surface area contributed by atoms with Gasteiger partial charge < -0.3 is 19.7 Å². The number of halogens is 3. The third-order valence-electron chi connectivity index (χ3n) is 3.30. The number of rotatable bonds is 4. The smallest absolute Gasteiger partial charge is 0.419 e. The maximum atomic E-state index is 12.7. The second kappa shape index (κ2) is 6.43. The molecule has 1 aromatic carbocycles. The molecule has 0 bridgehead atoms. The number of hydrogen-bond acceptors (Lipinski definition) is 3. The van der Waals surface area contributed by atoms with Crippen LogP contribution in [0, 0.1) is 0 Å². The molecule has 122 valence electrons. The quantitative estimate of drug-likeness (QED) is 0.928. The SMILES string of the molecule is CCOC1CN(C(=O)Nc2ccc(C(F)(F)F)c(OC)c2)C1. The highest BCUT2D eigenvalue weighted by molar-refractivity contribution is 5.90.